The molecule has 2 saturated carbocycles. The number of carbonyl (C=O) groups excluding carboxylic acids is 6. The fourth-order valence-electron chi connectivity index (χ4n) is 10.3. The number of urea groups is 1. The maximum atomic E-state index is 13.7. The van der Waals surface area contributed by atoms with Crippen LogP contribution in [0.25, 0.3) is 0 Å². The van der Waals surface area contributed by atoms with Crippen molar-refractivity contribution in [3.8, 4) is 0 Å². The van der Waals surface area contributed by atoms with Crippen molar-refractivity contribution in [3.05, 3.63) is 24.3 Å². The summed E-state index contributed by atoms with van der Waals surface area (Å²) in [6.45, 7) is 36.9. The van der Waals surface area contributed by atoms with E-state index < -0.39 is 29.1 Å². The minimum atomic E-state index is -0.500. The number of hydrogen-bond acceptors (Lipinski definition) is 10. The second kappa shape index (κ2) is 23.4. The molecule has 4 amide bonds. The highest BCUT2D eigenvalue weighted by Gasteiger charge is 2.44. The summed E-state index contributed by atoms with van der Waals surface area (Å²) in [4.78, 5) is 80.2. The zero-order valence-corrected chi connectivity index (χ0v) is 42.3. The summed E-state index contributed by atoms with van der Waals surface area (Å²) in [6.07, 6.45) is 6.85. The summed E-state index contributed by atoms with van der Waals surface area (Å²) >= 11 is 0. The molecule has 0 spiro atoms. The van der Waals surface area contributed by atoms with Crippen molar-refractivity contribution in [3.63, 3.8) is 0 Å². The highest BCUT2D eigenvalue weighted by atomic mass is 16.6. The summed E-state index contributed by atoms with van der Waals surface area (Å²) in [5.41, 5.74) is -0.836. The number of nitrogens with zero attached hydrogens (tertiary/aromatic N) is 2. The molecule has 4 atom stereocenters. The lowest BCUT2D eigenvalue weighted by Crippen LogP contribution is -2.56. The molecule has 0 bridgehead atoms. The fraction of sp³-hybridized carbons (Fsp3) is 0.800. The first-order chi connectivity index (χ1) is 29.3. The highest BCUT2D eigenvalue weighted by Crippen LogP contribution is 2.50. The number of amides is 4. The van der Waals surface area contributed by atoms with Crippen LogP contribution in [0, 0.1) is 27.6 Å². The quantitative estimate of drug-likeness (QED) is 0.0490. The van der Waals surface area contributed by atoms with E-state index in [-0.39, 0.29) is 90.9 Å². The monoisotopic (exact) mass is 903 g/mol. The van der Waals surface area contributed by atoms with Crippen LogP contribution in [0.3, 0.4) is 0 Å². The third-order valence-corrected chi connectivity index (χ3v) is 12.3. The minimum absolute atomic E-state index is 0.0172. The molecule has 64 heavy (non-hydrogen) atoms. The van der Waals surface area contributed by atoms with Gasteiger partial charge in [0.05, 0.1) is 26.3 Å². The average Bonchev–Trinajstić information content (AvgIpc) is 3.11. The number of hydrogen-bond donors (Lipinski definition) is 2. The summed E-state index contributed by atoms with van der Waals surface area (Å²) in [5, 5.41) is 6.21. The van der Waals surface area contributed by atoms with E-state index in [4.69, 9.17) is 18.9 Å². The third kappa shape index (κ3) is 20.0. The molecule has 366 valence electrons. The van der Waals surface area contributed by atoms with Crippen LogP contribution in [0.5, 0.6) is 0 Å². The Morgan fingerprint density at radius 2 is 1.14 bits per heavy atom. The van der Waals surface area contributed by atoms with Gasteiger partial charge in [0.1, 0.15) is 13.2 Å². The van der Waals surface area contributed by atoms with Gasteiger partial charge < -0.3 is 39.4 Å². The zero-order chi connectivity index (χ0) is 48.9. The molecule has 0 aliphatic heterocycles. The number of esters is 3. The van der Waals surface area contributed by atoms with Gasteiger partial charge in [0.15, 0.2) is 0 Å². The first-order valence-electron chi connectivity index (χ1n) is 23.4. The van der Waals surface area contributed by atoms with Crippen LogP contribution in [0.1, 0.15) is 168 Å². The SMILES string of the molecule is C=C(C)C(=O)OCCN(C(=O)CC1CC(C)(C)CC(C)(CNC(=O)OCCCCOC(=O)CCC2(C)CC(NC(=O)N(CCOC(=O)C(=C)C)C(C)(C)C)CC(C)(C)C2)C1)C(C)(C)C. The smallest absolute Gasteiger partial charge is 0.407 e. The van der Waals surface area contributed by atoms with Crippen LogP contribution >= 0.6 is 0 Å². The zero-order valence-electron chi connectivity index (χ0n) is 42.3. The van der Waals surface area contributed by atoms with Gasteiger partial charge in [0.2, 0.25) is 5.91 Å². The van der Waals surface area contributed by atoms with E-state index >= 15 is 0 Å². The van der Waals surface area contributed by atoms with Gasteiger partial charge in [-0.3, -0.25) is 9.59 Å². The molecule has 2 aliphatic carbocycles. The van der Waals surface area contributed by atoms with Gasteiger partial charge in [0, 0.05) is 47.7 Å². The molecule has 0 radical (unpaired) electrons. The van der Waals surface area contributed by atoms with E-state index in [1.165, 1.54) is 0 Å². The van der Waals surface area contributed by atoms with Crippen molar-refractivity contribution in [1.82, 2.24) is 20.4 Å². The lowest BCUT2D eigenvalue weighted by Gasteiger charge is -2.47. The van der Waals surface area contributed by atoms with E-state index in [9.17, 15) is 28.8 Å². The highest BCUT2D eigenvalue weighted by molar-refractivity contribution is 5.87. The van der Waals surface area contributed by atoms with Crippen molar-refractivity contribution in [2.75, 3.05) is 46.1 Å². The summed E-state index contributed by atoms with van der Waals surface area (Å²) in [6, 6.07) is -0.306. The number of unbranched alkanes of at least 4 members (excludes halogenated alkanes) is 1. The van der Waals surface area contributed by atoms with Gasteiger partial charge in [-0.1, -0.05) is 54.7 Å². The predicted molar refractivity (Wildman–Crippen MR) is 250 cm³/mol. The van der Waals surface area contributed by atoms with Crippen LogP contribution in [0.2, 0.25) is 0 Å². The van der Waals surface area contributed by atoms with Crippen molar-refractivity contribution < 1.29 is 47.7 Å². The minimum Gasteiger partial charge on any atom is -0.466 e. The topological polar surface area (TPSA) is 170 Å². The van der Waals surface area contributed by atoms with Gasteiger partial charge in [-0.05, 0) is 141 Å². The second-order valence-electron chi connectivity index (χ2n) is 23.1. The fourth-order valence-corrected chi connectivity index (χ4v) is 10.3. The third-order valence-electron chi connectivity index (χ3n) is 12.3. The Bertz CT molecular complexity index is 1540. The first-order valence-corrected chi connectivity index (χ1v) is 23.4. The molecule has 0 aromatic rings. The van der Waals surface area contributed by atoms with Crippen LogP contribution in [-0.4, -0.2) is 109 Å². The van der Waals surface area contributed by atoms with E-state index in [2.05, 4.69) is 65.3 Å². The molecule has 4 unspecified atom stereocenters. The molecule has 0 heterocycles. The lowest BCUT2D eigenvalue weighted by molar-refractivity contribution is -0.145. The molecular formula is C50H86N4O10. The molecule has 2 rings (SSSR count). The normalized spacial score (nSPS) is 22.8. The number of nitrogens with one attached hydrogen (secondary N) is 2. The number of carbonyl (C=O) groups is 6. The first kappa shape index (κ1) is 56.0. The largest absolute Gasteiger partial charge is 0.466 e. The van der Waals surface area contributed by atoms with Crippen LogP contribution in [0.15, 0.2) is 24.3 Å². The number of ether oxygens (including phenoxy) is 4. The Morgan fingerprint density at radius 1 is 0.641 bits per heavy atom. The average molecular weight is 903 g/mol. The van der Waals surface area contributed by atoms with Gasteiger partial charge in [-0.15, -0.1) is 0 Å². The Labute approximate surface area is 385 Å². The van der Waals surface area contributed by atoms with E-state index in [1.807, 2.05) is 41.5 Å². The Balaban J connectivity index is 1.79. The molecule has 0 saturated heterocycles. The van der Waals surface area contributed by atoms with Gasteiger partial charge in [-0.25, -0.2) is 19.2 Å². The van der Waals surface area contributed by atoms with Crippen LogP contribution in [0.4, 0.5) is 9.59 Å². The molecule has 2 fully saturated rings. The maximum Gasteiger partial charge on any atom is 0.407 e. The standard InChI is InChI=1S/C50H86N4O10/c1-35(2)41(57)62-25-21-53(45(5,6)7)39(55)27-37-28-47(11,12)33-50(16,29-37)34-51-44(60)64-24-18-17-23-61-40(56)19-20-49(15)31-38(30-48(13,14)32-49)52-43(59)54(46(8,9)10)22-26-63-42(58)36(3)4/h37-38H,1,3,17-34H2,2,4-16H3,(H,51,60)(H,52,59). The summed E-state index contributed by atoms with van der Waals surface area (Å²) in [5.74, 6) is -1.09. The molecule has 0 aromatic heterocycles. The van der Waals surface area contributed by atoms with Gasteiger partial charge >= 0.3 is 30.0 Å². The molecule has 0 aromatic carbocycles. The van der Waals surface area contributed by atoms with Crippen molar-refractivity contribution in [2.45, 2.75) is 185 Å². The molecular weight excluding hydrogens is 817 g/mol. The maximum absolute atomic E-state index is 13.7. The summed E-state index contributed by atoms with van der Waals surface area (Å²) in [7, 11) is 0. The molecule has 2 N–H and O–H groups in total. The Morgan fingerprint density at radius 3 is 1.67 bits per heavy atom. The predicted octanol–water partition coefficient (Wildman–Crippen LogP) is 9.30. The lowest BCUT2D eigenvalue weighted by atomic mass is 9.60. The molecule has 2 aliphatic rings. The Hall–Kier alpha value is -4.10. The van der Waals surface area contributed by atoms with Crippen LogP contribution in [-0.2, 0) is 38.1 Å². The second-order valence-corrected chi connectivity index (χ2v) is 23.1. The Kier molecular flexibility index (Phi) is 20.5. The van der Waals surface area contributed by atoms with Crippen LogP contribution < -0.4 is 10.6 Å². The molecule has 14 nitrogen and oxygen atoms in total. The van der Waals surface area contributed by atoms with Crippen molar-refractivity contribution in [1.29, 1.82) is 0 Å². The van der Waals surface area contributed by atoms with E-state index in [0.717, 1.165) is 38.5 Å². The molecule has 14 heteroatoms. The van der Waals surface area contributed by atoms with Gasteiger partial charge in [0.25, 0.3) is 0 Å². The van der Waals surface area contributed by atoms with E-state index in [1.54, 1.807) is 23.6 Å². The number of rotatable bonds is 21. The van der Waals surface area contributed by atoms with Gasteiger partial charge in [-0.2, -0.15) is 0 Å². The van der Waals surface area contributed by atoms with E-state index in [0.29, 0.717) is 49.9 Å². The number of alkyl carbamates (subject to hydrolysis) is 1. The van der Waals surface area contributed by atoms with Crippen molar-refractivity contribution in [2.24, 2.45) is 27.6 Å². The summed E-state index contributed by atoms with van der Waals surface area (Å²) < 4.78 is 21.6. The van der Waals surface area contributed by atoms with Crippen molar-refractivity contribution >= 4 is 35.9 Å².